The van der Waals surface area contributed by atoms with Crippen molar-refractivity contribution >= 4 is 11.8 Å². The van der Waals surface area contributed by atoms with Crippen molar-refractivity contribution in [2.75, 3.05) is 6.61 Å². The minimum Gasteiger partial charge on any atom is -0.465 e. The van der Waals surface area contributed by atoms with Crippen LogP contribution < -0.4 is 4.74 Å². The number of Topliss-reactive ketones (excluding diaryl/α,β-unsaturated/α-hetero) is 1. The zero-order chi connectivity index (χ0) is 16.5. The minimum atomic E-state index is -0.394. The molecule has 124 valence electrons. The van der Waals surface area contributed by atoms with Gasteiger partial charge in [0.25, 0.3) is 5.95 Å². The van der Waals surface area contributed by atoms with E-state index in [0.717, 1.165) is 19.3 Å². The molecule has 0 saturated heterocycles. The Hall–Kier alpha value is -1.78. The zero-order valence-corrected chi connectivity index (χ0v) is 13.9. The molecule has 5 nitrogen and oxygen atoms in total. The molecule has 5 heteroatoms. The van der Waals surface area contributed by atoms with Gasteiger partial charge in [-0.1, -0.05) is 26.7 Å². The van der Waals surface area contributed by atoms with Gasteiger partial charge in [-0.3, -0.25) is 9.59 Å². The van der Waals surface area contributed by atoms with Crippen LogP contribution in [0.4, 0.5) is 0 Å². The molecular weight excluding hydrogens is 284 g/mol. The number of esters is 1. The maximum atomic E-state index is 12.4. The largest absolute Gasteiger partial charge is 0.465 e. The van der Waals surface area contributed by atoms with Gasteiger partial charge in [0.1, 0.15) is 18.4 Å². The van der Waals surface area contributed by atoms with E-state index in [9.17, 15) is 9.59 Å². The lowest BCUT2D eigenvalue weighted by Gasteiger charge is -2.07. The summed E-state index contributed by atoms with van der Waals surface area (Å²) in [5.41, 5.74) is 0.972. The van der Waals surface area contributed by atoms with Crippen LogP contribution in [0.3, 0.4) is 0 Å². The normalized spacial score (nSPS) is 10.8. The van der Waals surface area contributed by atoms with Crippen LogP contribution in [0.2, 0.25) is 0 Å². The van der Waals surface area contributed by atoms with Gasteiger partial charge in [-0.2, -0.15) is 0 Å². The lowest BCUT2D eigenvalue weighted by atomic mass is 10.0. The second-order valence-electron chi connectivity index (χ2n) is 5.70. The summed E-state index contributed by atoms with van der Waals surface area (Å²) in [5.74, 6) is 0.443. The van der Waals surface area contributed by atoms with Crippen molar-refractivity contribution in [1.29, 1.82) is 0 Å². The van der Waals surface area contributed by atoms with E-state index in [0.29, 0.717) is 30.1 Å². The Morgan fingerprint density at radius 3 is 2.59 bits per heavy atom. The van der Waals surface area contributed by atoms with Gasteiger partial charge in [0, 0.05) is 18.9 Å². The monoisotopic (exact) mass is 310 g/mol. The summed E-state index contributed by atoms with van der Waals surface area (Å²) in [6.07, 6.45) is 4.83. The van der Waals surface area contributed by atoms with Gasteiger partial charge in [0.05, 0.1) is 6.61 Å². The SMILES string of the molecule is CCOc1occ(COC(C)=O)c1C(=O)CCCCC(C)C. The third-order valence-corrected chi connectivity index (χ3v) is 3.25. The van der Waals surface area contributed by atoms with Crippen molar-refractivity contribution in [1.82, 2.24) is 0 Å². The van der Waals surface area contributed by atoms with Gasteiger partial charge < -0.3 is 13.9 Å². The Labute approximate surface area is 132 Å². The van der Waals surface area contributed by atoms with E-state index in [4.69, 9.17) is 13.9 Å². The van der Waals surface area contributed by atoms with Gasteiger partial charge in [-0.25, -0.2) is 0 Å². The maximum absolute atomic E-state index is 12.4. The third-order valence-electron chi connectivity index (χ3n) is 3.25. The molecule has 0 spiro atoms. The molecule has 1 aromatic rings. The van der Waals surface area contributed by atoms with Gasteiger partial charge in [-0.05, 0) is 19.3 Å². The van der Waals surface area contributed by atoms with E-state index >= 15 is 0 Å². The van der Waals surface area contributed by atoms with Gasteiger partial charge >= 0.3 is 5.97 Å². The zero-order valence-electron chi connectivity index (χ0n) is 13.9. The molecule has 0 atom stereocenters. The number of unbranched alkanes of at least 4 members (excludes halogenated alkanes) is 1. The van der Waals surface area contributed by atoms with Crippen molar-refractivity contribution in [3.05, 3.63) is 17.4 Å². The first-order valence-corrected chi connectivity index (χ1v) is 7.85. The fourth-order valence-electron chi connectivity index (χ4n) is 2.15. The van der Waals surface area contributed by atoms with Gasteiger partial charge in [-0.15, -0.1) is 0 Å². The van der Waals surface area contributed by atoms with Gasteiger partial charge in [0.15, 0.2) is 5.78 Å². The molecule has 0 aliphatic carbocycles. The lowest BCUT2D eigenvalue weighted by Crippen LogP contribution is -2.07. The minimum absolute atomic E-state index is 0.0249. The third kappa shape index (κ3) is 5.92. The smallest absolute Gasteiger partial charge is 0.302 e. The molecule has 1 heterocycles. The summed E-state index contributed by atoms with van der Waals surface area (Å²) in [4.78, 5) is 23.4. The lowest BCUT2D eigenvalue weighted by molar-refractivity contribution is -0.142. The van der Waals surface area contributed by atoms with Crippen molar-refractivity contribution in [2.24, 2.45) is 5.92 Å². The summed E-state index contributed by atoms with van der Waals surface area (Å²) in [5, 5.41) is 0. The van der Waals surface area contributed by atoms with Crippen molar-refractivity contribution in [3.63, 3.8) is 0 Å². The molecule has 0 radical (unpaired) electrons. The van der Waals surface area contributed by atoms with Crippen LogP contribution in [0.25, 0.3) is 0 Å². The predicted octanol–water partition coefficient (Wildman–Crippen LogP) is 4.14. The van der Waals surface area contributed by atoms with Crippen LogP contribution in [0.5, 0.6) is 5.95 Å². The summed E-state index contributed by atoms with van der Waals surface area (Å²) >= 11 is 0. The number of rotatable bonds is 10. The van der Waals surface area contributed by atoms with E-state index in [1.807, 2.05) is 6.92 Å². The van der Waals surface area contributed by atoms with E-state index in [-0.39, 0.29) is 18.3 Å². The molecule has 1 rings (SSSR count). The molecule has 22 heavy (non-hydrogen) atoms. The Balaban J connectivity index is 2.72. The predicted molar refractivity (Wildman–Crippen MR) is 83.0 cm³/mol. The number of ketones is 1. The highest BCUT2D eigenvalue weighted by Crippen LogP contribution is 2.28. The molecule has 0 saturated carbocycles. The van der Waals surface area contributed by atoms with Crippen molar-refractivity contribution in [3.8, 4) is 5.95 Å². The molecule has 0 aliphatic rings. The number of hydrogen-bond acceptors (Lipinski definition) is 5. The molecular formula is C17H26O5. The Morgan fingerprint density at radius 1 is 1.27 bits per heavy atom. The number of carbonyl (C=O) groups excluding carboxylic acids is 2. The summed E-state index contributed by atoms with van der Waals surface area (Å²) in [7, 11) is 0. The van der Waals surface area contributed by atoms with Crippen LogP contribution in [0.15, 0.2) is 10.7 Å². The highest BCUT2D eigenvalue weighted by Gasteiger charge is 2.22. The molecule has 1 aromatic heterocycles. The average molecular weight is 310 g/mol. The van der Waals surface area contributed by atoms with Crippen LogP contribution in [-0.4, -0.2) is 18.4 Å². The quantitative estimate of drug-likeness (QED) is 0.369. The van der Waals surface area contributed by atoms with Crippen molar-refractivity contribution in [2.45, 2.75) is 60.0 Å². The Bertz CT molecular complexity index is 487. The van der Waals surface area contributed by atoms with Crippen LogP contribution >= 0.6 is 0 Å². The summed E-state index contributed by atoms with van der Waals surface area (Å²) in [6, 6.07) is 0. The number of furan rings is 1. The van der Waals surface area contributed by atoms with E-state index in [2.05, 4.69) is 13.8 Å². The number of carbonyl (C=O) groups is 2. The van der Waals surface area contributed by atoms with Crippen LogP contribution in [-0.2, 0) is 16.1 Å². The molecule has 0 amide bonds. The average Bonchev–Trinajstić information content (AvgIpc) is 2.84. The van der Waals surface area contributed by atoms with E-state index in [1.54, 1.807) is 0 Å². The standard InChI is InChI=1S/C17H26O5/c1-5-20-17-16(14(11-22-17)10-21-13(4)18)15(19)9-7-6-8-12(2)3/h11-12H,5-10H2,1-4H3. The van der Waals surface area contributed by atoms with E-state index < -0.39 is 5.97 Å². The molecule has 0 aliphatic heterocycles. The fourth-order valence-corrected chi connectivity index (χ4v) is 2.15. The second kappa shape index (κ2) is 9.28. The molecule has 0 bridgehead atoms. The van der Waals surface area contributed by atoms with Crippen molar-refractivity contribution < 1.29 is 23.5 Å². The van der Waals surface area contributed by atoms with E-state index in [1.165, 1.54) is 13.2 Å². The fraction of sp³-hybridized carbons (Fsp3) is 0.647. The maximum Gasteiger partial charge on any atom is 0.302 e. The van der Waals surface area contributed by atoms with Crippen LogP contribution in [0, 0.1) is 5.92 Å². The first kappa shape index (κ1) is 18.3. The second-order valence-corrected chi connectivity index (χ2v) is 5.70. The number of hydrogen-bond donors (Lipinski definition) is 0. The molecule has 0 fully saturated rings. The molecule has 0 aromatic carbocycles. The summed E-state index contributed by atoms with van der Waals surface area (Å²) in [6.45, 7) is 7.93. The Kier molecular flexibility index (Phi) is 7.71. The Morgan fingerprint density at radius 2 is 2.00 bits per heavy atom. The van der Waals surface area contributed by atoms with Crippen LogP contribution in [0.1, 0.15) is 69.3 Å². The molecule has 0 N–H and O–H groups in total. The number of ether oxygens (including phenoxy) is 2. The first-order chi connectivity index (χ1) is 10.5. The highest BCUT2D eigenvalue weighted by atomic mass is 16.6. The highest BCUT2D eigenvalue weighted by molar-refractivity contribution is 5.99. The van der Waals surface area contributed by atoms with Gasteiger partial charge in [0.2, 0.25) is 0 Å². The topological polar surface area (TPSA) is 65.7 Å². The first-order valence-electron chi connectivity index (χ1n) is 7.85. The summed E-state index contributed by atoms with van der Waals surface area (Å²) < 4.78 is 15.6. The molecule has 0 unspecified atom stereocenters.